The Balaban J connectivity index is 1.37. The zero-order valence-electron chi connectivity index (χ0n) is 16.3. The molecule has 5 heteroatoms. The van der Waals surface area contributed by atoms with E-state index in [-0.39, 0.29) is 18.1 Å². The minimum Gasteiger partial charge on any atom is -0.378 e. The van der Waals surface area contributed by atoms with E-state index in [0.717, 1.165) is 25.9 Å². The Morgan fingerprint density at radius 1 is 1.21 bits per heavy atom. The van der Waals surface area contributed by atoms with Crippen LogP contribution >= 0.6 is 11.3 Å². The monoisotopic (exact) mass is 399 g/mol. The fourth-order valence-electron chi connectivity index (χ4n) is 4.10. The predicted molar refractivity (Wildman–Crippen MR) is 112 cm³/mol. The van der Waals surface area contributed by atoms with Gasteiger partial charge >= 0.3 is 0 Å². The lowest BCUT2D eigenvalue weighted by Crippen LogP contribution is -2.30. The summed E-state index contributed by atoms with van der Waals surface area (Å²) in [6.45, 7) is 1.86. The SMILES string of the molecule is O=C(CCOCC1CCCO1)NC(c1ccc2c(c1)CCCC2)c1cccs1. The van der Waals surface area contributed by atoms with Crippen LogP contribution in [0.5, 0.6) is 0 Å². The Hall–Kier alpha value is -1.69. The Labute approximate surface area is 171 Å². The van der Waals surface area contributed by atoms with Crippen LogP contribution in [0, 0.1) is 0 Å². The van der Waals surface area contributed by atoms with Gasteiger partial charge in [-0.3, -0.25) is 4.79 Å². The maximum absolute atomic E-state index is 12.6. The zero-order valence-corrected chi connectivity index (χ0v) is 17.1. The van der Waals surface area contributed by atoms with E-state index >= 15 is 0 Å². The molecule has 0 saturated carbocycles. The van der Waals surface area contributed by atoms with Crippen molar-refractivity contribution in [2.45, 2.75) is 57.1 Å². The van der Waals surface area contributed by atoms with Crippen LogP contribution in [0.25, 0.3) is 0 Å². The Morgan fingerprint density at radius 2 is 2.11 bits per heavy atom. The first kappa shape index (κ1) is 19.6. The van der Waals surface area contributed by atoms with Crippen molar-refractivity contribution in [2.24, 2.45) is 0 Å². The number of fused-ring (bicyclic) bond motifs is 1. The fourth-order valence-corrected chi connectivity index (χ4v) is 4.90. The number of hydrogen-bond donors (Lipinski definition) is 1. The highest BCUT2D eigenvalue weighted by atomic mass is 32.1. The van der Waals surface area contributed by atoms with Gasteiger partial charge in [-0.25, -0.2) is 0 Å². The lowest BCUT2D eigenvalue weighted by Gasteiger charge is -2.22. The number of benzene rings is 1. The summed E-state index contributed by atoms with van der Waals surface area (Å²) >= 11 is 1.69. The molecule has 0 radical (unpaired) electrons. The molecule has 1 aromatic carbocycles. The first-order valence-electron chi connectivity index (χ1n) is 10.4. The van der Waals surface area contributed by atoms with Crippen molar-refractivity contribution in [3.8, 4) is 0 Å². The second kappa shape index (κ2) is 9.68. The third-order valence-corrected chi connectivity index (χ3v) is 6.58. The van der Waals surface area contributed by atoms with E-state index in [1.165, 1.54) is 40.8 Å². The molecule has 2 unspecified atom stereocenters. The summed E-state index contributed by atoms with van der Waals surface area (Å²) in [5.74, 6) is 0.0310. The molecule has 1 aromatic heterocycles. The molecule has 2 atom stereocenters. The van der Waals surface area contributed by atoms with E-state index in [4.69, 9.17) is 9.47 Å². The highest BCUT2D eigenvalue weighted by molar-refractivity contribution is 7.10. The summed E-state index contributed by atoms with van der Waals surface area (Å²) in [4.78, 5) is 13.8. The Kier molecular flexibility index (Phi) is 6.78. The first-order valence-corrected chi connectivity index (χ1v) is 11.3. The van der Waals surface area contributed by atoms with Crippen LogP contribution in [0.3, 0.4) is 0 Å². The van der Waals surface area contributed by atoms with Crippen LogP contribution in [0.15, 0.2) is 35.7 Å². The van der Waals surface area contributed by atoms with E-state index in [0.29, 0.717) is 19.6 Å². The molecule has 2 aromatic rings. The van der Waals surface area contributed by atoms with Crippen molar-refractivity contribution >= 4 is 17.2 Å². The van der Waals surface area contributed by atoms with Gasteiger partial charge in [0.25, 0.3) is 0 Å². The summed E-state index contributed by atoms with van der Waals surface area (Å²) in [5.41, 5.74) is 4.09. The van der Waals surface area contributed by atoms with E-state index in [2.05, 4.69) is 35.0 Å². The molecule has 1 saturated heterocycles. The molecule has 1 amide bonds. The van der Waals surface area contributed by atoms with Crippen LogP contribution < -0.4 is 5.32 Å². The van der Waals surface area contributed by atoms with Crippen molar-refractivity contribution in [1.82, 2.24) is 5.32 Å². The van der Waals surface area contributed by atoms with Crippen LogP contribution in [-0.2, 0) is 27.1 Å². The number of rotatable bonds is 8. The molecule has 1 aliphatic carbocycles. The van der Waals surface area contributed by atoms with Gasteiger partial charge in [-0.1, -0.05) is 24.3 Å². The largest absolute Gasteiger partial charge is 0.378 e. The third kappa shape index (κ3) is 5.02. The van der Waals surface area contributed by atoms with Gasteiger partial charge in [0.15, 0.2) is 0 Å². The molecule has 1 N–H and O–H groups in total. The maximum Gasteiger partial charge on any atom is 0.223 e. The summed E-state index contributed by atoms with van der Waals surface area (Å²) in [7, 11) is 0. The Bertz CT molecular complexity index is 768. The summed E-state index contributed by atoms with van der Waals surface area (Å²) < 4.78 is 11.2. The van der Waals surface area contributed by atoms with Crippen LogP contribution in [0.2, 0.25) is 0 Å². The molecule has 28 heavy (non-hydrogen) atoms. The zero-order chi connectivity index (χ0) is 19.2. The van der Waals surface area contributed by atoms with Crippen LogP contribution in [-0.4, -0.2) is 31.8 Å². The average molecular weight is 400 g/mol. The maximum atomic E-state index is 12.6. The summed E-state index contributed by atoms with van der Waals surface area (Å²) in [6.07, 6.45) is 7.61. The molecule has 0 bridgehead atoms. The minimum atomic E-state index is -0.0853. The molecule has 1 fully saturated rings. The molecule has 0 spiro atoms. The van der Waals surface area contributed by atoms with Gasteiger partial charge < -0.3 is 14.8 Å². The van der Waals surface area contributed by atoms with Crippen molar-refractivity contribution in [3.05, 3.63) is 57.3 Å². The molecule has 4 nitrogen and oxygen atoms in total. The number of carbonyl (C=O) groups excluding carboxylic acids is 1. The fraction of sp³-hybridized carbons (Fsp3) is 0.522. The number of aryl methyl sites for hydroxylation is 2. The molecule has 2 heterocycles. The predicted octanol–water partition coefficient (Wildman–Crippen LogP) is 4.42. The van der Waals surface area contributed by atoms with Crippen molar-refractivity contribution in [2.75, 3.05) is 19.8 Å². The smallest absolute Gasteiger partial charge is 0.223 e. The molecule has 150 valence electrons. The van der Waals surface area contributed by atoms with Crippen molar-refractivity contribution in [1.29, 1.82) is 0 Å². The third-order valence-electron chi connectivity index (χ3n) is 5.64. The van der Waals surface area contributed by atoms with Gasteiger partial charge in [-0.05, 0) is 66.7 Å². The second-order valence-electron chi connectivity index (χ2n) is 7.71. The highest BCUT2D eigenvalue weighted by Gasteiger charge is 2.20. The highest BCUT2D eigenvalue weighted by Crippen LogP contribution is 2.30. The van der Waals surface area contributed by atoms with Gasteiger partial charge in [-0.2, -0.15) is 0 Å². The van der Waals surface area contributed by atoms with Gasteiger partial charge in [-0.15, -0.1) is 11.3 Å². The van der Waals surface area contributed by atoms with E-state index in [1.807, 2.05) is 6.07 Å². The number of amides is 1. The number of nitrogens with one attached hydrogen (secondary N) is 1. The van der Waals surface area contributed by atoms with Gasteiger partial charge in [0.1, 0.15) is 0 Å². The van der Waals surface area contributed by atoms with Gasteiger partial charge in [0.05, 0.1) is 25.4 Å². The first-order chi connectivity index (χ1) is 13.8. The Morgan fingerprint density at radius 3 is 2.89 bits per heavy atom. The lowest BCUT2D eigenvalue weighted by molar-refractivity contribution is -0.123. The van der Waals surface area contributed by atoms with Crippen molar-refractivity contribution < 1.29 is 14.3 Å². The summed E-state index contributed by atoms with van der Waals surface area (Å²) in [6, 6.07) is 10.8. The number of ether oxygens (including phenoxy) is 2. The average Bonchev–Trinajstić information content (AvgIpc) is 3.43. The topological polar surface area (TPSA) is 47.6 Å². The normalized spacial score (nSPS) is 19.9. The molecule has 4 rings (SSSR count). The second-order valence-corrected chi connectivity index (χ2v) is 8.69. The summed E-state index contributed by atoms with van der Waals surface area (Å²) in [5, 5.41) is 5.30. The van der Waals surface area contributed by atoms with Crippen LogP contribution in [0.4, 0.5) is 0 Å². The quantitative estimate of drug-likeness (QED) is 0.669. The van der Waals surface area contributed by atoms with E-state index in [1.54, 1.807) is 11.3 Å². The standard InChI is InChI=1S/C23H29NO3S/c25-22(11-13-26-16-20-7-3-12-27-20)24-23(21-8-4-14-28-21)19-10-9-17-5-1-2-6-18(17)15-19/h4,8-10,14-15,20,23H,1-3,5-7,11-13,16H2,(H,24,25). The number of thiophene rings is 1. The van der Waals surface area contributed by atoms with E-state index in [9.17, 15) is 4.79 Å². The van der Waals surface area contributed by atoms with Gasteiger partial charge in [0, 0.05) is 17.9 Å². The number of hydrogen-bond acceptors (Lipinski definition) is 4. The molecular weight excluding hydrogens is 370 g/mol. The van der Waals surface area contributed by atoms with E-state index < -0.39 is 0 Å². The van der Waals surface area contributed by atoms with Crippen molar-refractivity contribution in [3.63, 3.8) is 0 Å². The minimum absolute atomic E-state index is 0.0310. The molecule has 1 aliphatic heterocycles. The molecule has 2 aliphatic rings. The molecular formula is C23H29NO3S. The lowest BCUT2D eigenvalue weighted by atomic mass is 9.89. The van der Waals surface area contributed by atoms with Gasteiger partial charge in [0.2, 0.25) is 5.91 Å². The number of carbonyl (C=O) groups is 1. The van der Waals surface area contributed by atoms with Crippen LogP contribution in [0.1, 0.15) is 59.7 Å².